The van der Waals surface area contributed by atoms with Crippen LogP contribution in [0.25, 0.3) is 11.4 Å². The van der Waals surface area contributed by atoms with Gasteiger partial charge in [-0.25, -0.2) is 4.98 Å². The topological polar surface area (TPSA) is 87.0 Å². The zero-order valence-electron chi connectivity index (χ0n) is 15.8. The van der Waals surface area contributed by atoms with Gasteiger partial charge in [0.1, 0.15) is 5.82 Å². The van der Waals surface area contributed by atoms with Crippen LogP contribution in [0, 0.1) is 0 Å². The van der Waals surface area contributed by atoms with E-state index in [1.807, 2.05) is 29.1 Å². The number of likely N-dealkylation sites (tertiary alicyclic amines) is 1. The van der Waals surface area contributed by atoms with Crippen molar-refractivity contribution in [3.63, 3.8) is 0 Å². The number of aliphatic hydroxyl groups excluding tert-OH is 1. The number of benzene rings is 1. The summed E-state index contributed by atoms with van der Waals surface area (Å²) in [5, 5.41) is 13.7. The second-order valence-corrected chi connectivity index (χ2v) is 7.25. The first kappa shape index (κ1) is 18.6. The van der Waals surface area contributed by atoms with E-state index in [4.69, 9.17) is 0 Å². The Hall–Kier alpha value is -2.77. The van der Waals surface area contributed by atoms with Crippen molar-refractivity contribution in [2.24, 2.45) is 0 Å². The summed E-state index contributed by atoms with van der Waals surface area (Å²) in [6.07, 6.45) is 6.48. The van der Waals surface area contributed by atoms with Gasteiger partial charge in [0, 0.05) is 49.6 Å². The van der Waals surface area contributed by atoms with Gasteiger partial charge in [0.05, 0.1) is 12.3 Å². The molecule has 0 amide bonds. The Morgan fingerprint density at radius 2 is 2.11 bits per heavy atom. The second-order valence-electron chi connectivity index (χ2n) is 7.25. The van der Waals surface area contributed by atoms with Crippen LogP contribution in [0.15, 0.2) is 53.6 Å². The van der Waals surface area contributed by atoms with E-state index in [0.29, 0.717) is 18.8 Å². The Labute approximate surface area is 163 Å². The number of hydrogen-bond acceptors (Lipinski definition) is 5. The Morgan fingerprint density at radius 3 is 2.86 bits per heavy atom. The van der Waals surface area contributed by atoms with E-state index >= 15 is 0 Å². The molecule has 28 heavy (non-hydrogen) atoms. The van der Waals surface area contributed by atoms with Gasteiger partial charge in [-0.15, -0.1) is 0 Å². The first-order chi connectivity index (χ1) is 13.7. The van der Waals surface area contributed by atoms with Gasteiger partial charge in [-0.2, -0.15) is 5.10 Å². The molecule has 0 bridgehead atoms. The van der Waals surface area contributed by atoms with Gasteiger partial charge in [-0.1, -0.05) is 24.3 Å². The molecule has 1 saturated heterocycles. The maximum atomic E-state index is 12.1. The smallest absolute Gasteiger partial charge is 0.251 e. The molecule has 0 unspecified atom stereocenters. The van der Waals surface area contributed by atoms with E-state index in [1.165, 1.54) is 5.56 Å². The van der Waals surface area contributed by atoms with Crippen LogP contribution in [0.1, 0.15) is 24.1 Å². The first-order valence-electron chi connectivity index (χ1n) is 9.73. The Balaban J connectivity index is 1.46. The van der Waals surface area contributed by atoms with Crippen LogP contribution in [-0.2, 0) is 19.5 Å². The van der Waals surface area contributed by atoms with Crippen LogP contribution < -0.4 is 5.56 Å². The Morgan fingerprint density at radius 1 is 1.25 bits per heavy atom. The molecule has 0 spiro atoms. The number of rotatable bonds is 7. The van der Waals surface area contributed by atoms with Crippen LogP contribution in [0.4, 0.5) is 0 Å². The van der Waals surface area contributed by atoms with Crippen molar-refractivity contribution in [1.29, 1.82) is 0 Å². The highest BCUT2D eigenvalue weighted by atomic mass is 16.3. The average molecular weight is 379 g/mol. The zero-order valence-corrected chi connectivity index (χ0v) is 15.8. The average Bonchev–Trinajstić information content (AvgIpc) is 3.38. The highest BCUT2D eigenvalue weighted by Crippen LogP contribution is 2.21. The van der Waals surface area contributed by atoms with Crippen LogP contribution in [0.2, 0.25) is 0 Å². The second kappa shape index (κ2) is 8.50. The molecule has 146 valence electrons. The number of aliphatic hydroxyl groups is 1. The lowest BCUT2D eigenvalue weighted by Crippen LogP contribution is -2.31. The molecule has 3 aromatic rings. The van der Waals surface area contributed by atoms with Crippen molar-refractivity contribution in [2.45, 2.75) is 38.4 Å². The molecule has 1 aliphatic heterocycles. The summed E-state index contributed by atoms with van der Waals surface area (Å²) in [4.78, 5) is 21.8. The minimum atomic E-state index is -0.146. The first-order valence-corrected chi connectivity index (χ1v) is 9.73. The van der Waals surface area contributed by atoms with Crippen molar-refractivity contribution in [1.82, 2.24) is 24.6 Å². The maximum Gasteiger partial charge on any atom is 0.251 e. The lowest BCUT2D eigenvalue weighted by molar-refractivity contribution is 0.153. The number of aryl methyl sites for hydroxylation is 2. The third-order valence-electron chi connectivity index (χ3n) is 5.27. The summed E-state index contributed by atoms with van der Waals surface area (Å²) < 4.78 is 1.83. The summed E-state index contributed by atoms with van der Waals surface area (Å²) in [7, 11) is 0. The molecule has 0 radical (unpaired) electrons. The SMILES string of the molecule is O=c1cc(CCn2cccn2)nc(-c2ccc(CN3CCC[C@@H]3CO)cc2)[nH]1. The zero-order chi connectivity index (χ0) is 19.3. The number of H-pyrrole nitrogens is 1. The van der Waals surface area contributed by atoms with Gasteiger partial charge >= 0.3 is 0 Å². The van der Waals surface area contributed by atoms with E-state index in [-0.39, 0.29) is 18.2 Å². The molecule has 1 fully saturated rings. The minimum Gasteiger partial charge on any atom is -0.395 e. The van der Waals surface area contributed by atoms with Crippen molar-refractivity contribution in [2.75, 3.05) is 13.2 Å². The molecule has 2 aromatic heterocycles. The molecule has 1 aromatic carbocycles. The molecule has 7 heteroatoms. The van der Waals surface area contributed by atoms with Crippen molar-refractivity contribution < 1.29 is 5.11 Å². The third-order valence-corrected chi connectivity index (χ3v) is 5.27. The molecule has 3 heterocycles. The normalized spacial score (nSPS) is 17.2. The molecule has 0 aliphatic carbocycles. The summed E-state index contributed by atoms with van der Waals surface area (Å²) >= 11 is 0. The largest absolute Gasteiger partial charge is 0.395 e. The molecule has 1 aliphatic rings. The van der Waals surface area contributed by atoms with Crippen molar-refractivity contribution in [3.05, 3.63) is 70.4 Å². The van der Waals surface area contributed by atoms with E-state index in [2.05, 4.69) is 32.1 Å². The molecule has 7 nitrogen and oxygen atoms in total. The predicted molar refractivity (Wildman–Crippen MR) is 107 cm³/mol. The van der Waals surface area contributed by atoms with Crippen LogP contribution in [0.5, 0.6) is 0 Å². The van der Waals surface area contributed by atoms with Crippen molar-refractivity contribution >= 4 is 0 Å². The molecule has 0 saturated carbocycles. The van der Waals surface area contributed by atoms with Crippen LogP contribution in [-0.4, -0.2) is 48.9 Å². The number of nitrogens with zero attached hydrogens (tertiary/aromatic N) is 4. The number of hydrogen-bond donors (Lipinski definition) is 2. The highest BCUT2D eigenvalue weighted by Gasteiger charge is 2.23. The summed E-state index contributed by atoms with van der Waals surface area (Å²) in [6.45, 7) is 2.76. The van der Waals surface area contributed by atoms with E-state index in [1.54, 1.807) is 12.3 Å². The van der Waals surface area contributed by atoms with Gasteiger partial charge < -0.3 is 10.1 Å². The standard InChI is InChI=1S/C21H25N5O2/c27-15-19-3-1-10-25(19)14-16-4-6-17(7-5-16)21-23-18(13-20(28)24-21)8-12-26-11-2-9-22-26/h2,4-7,9,11,13,19,27H,1,3,8,10,12,14-15H2,(H,23,24,28)/t19-/m1/s1. The van der Waals surface area contributed by atoms with E-state index in [0.717, 1.165) is 37.2 Å². The van der Waals surface area contributed by atoms with E-state index < -0.39 is 0 Å². The quantitative estimate of drug-likeness (QED) is 0.654. The molecule has 1 atom stereocenters. The van der Waals surface area contributed by atoms with Gasteiger partial charge in [-0.3, -0.25) is 14.4 Å². The number of nitrogens with one attached hydrogen (secondary N) is 1. The Kier molecular flexibility index (Phi) is 5.64. The van der Waals surface area contributed by atoms with Gasteiger partial charge in [0.15, 0.2) is 0 Å². The van der Waals surface area contributed by atoms with Gasteiger partial charge in [-0.05, 0) is 31.0 Å². The van der Waals surface area contributed by atoms with Gasteiger partial charge in [0.25, 0.3) is 5.56 Å². The van der Waals surface area contributed by atoms with Crippen LogP contribution in [0.3, 0.4) is 0 Å². The fraction of sp³-hybridized carbons (Fsp3) is 0.381. The molecular weight excluding hydrogens is 354 g/mol. The third kappa shape index (κ3) is 4.37. The van der Waals surface area contributed by atoms with Gasteiger partial charge in [0.2, 0.25) is 0 Å². The fourth-order valence-electron chi connectivity index (χ4n) is 3.75. The van der Waals surface area contributed by atoms with E-state index in [9.17, 15) is 9.90 Å². The highest BCUT2D eigenvalue weighted by molar-refractivity contribution is 5.55. The lowest BCUT2D eigenvalue weighted by atomic mass is 10.1. The summed E-state index contributed by atoms with van der Waals surface area (Å²) in [6, 6.07) is 11.8. The van der Waals surface area contributed by atoms with Crippen LogP contribution >= 0.6 is 0 Å². The fourth-order valence-corrected chi connectivity index (χ4v) is 3.75. The maximum absolute atomic E-state index is 12.1. The molecular formula is C21H25N5O2. The minimum absolute atomic E-state index is 0.146. The number of aromatic nitrogens is 4. The molecule has 4 rings (SSSR count). The number of aromatic amines is 1. The lowest BCUT2D eigenvalue weighted by Gasteiger charge is -2.22. The summed E-state index contributed by atoms with van der Waals surface area (Å²) in [5.74, 6) is 0.587. The Bertz CT molecular complexity index is 950. The predicted octanol–water partition coefficient (Wildman–Crippen LogP) is 1.83. The van der Waals surface area contributed by atoms with Crippen molar-refractivity contribution in [3.8, 4) is 11.4 Å². The summed E-state index contributed by atoms with van der Waals surface area (Å²) in [5.41, 5.74) is 2.69. The monoisotopic (exact) mass is 379 g/mol. The molecule has 2 N–H and O–H groups in total.